The highest BCUT2D eigenvalue weighted by atomic mass is 79.9. The van der Waals surface area contributed by atoms with Crippen molar-refractivity contribution in [3.63, 3.8) is 0 Å². The number of nitro groups is 1. The Kier molecular flexibility index (Phi) is 3.54. The Labute approximate surface area is 96.0 Å². The Balaban J connectivity index is 3.28. The van der Waals surface area contributed by atoms with Gasteiger partial charge in [0.05, 0.1) is 10.5 Å². The predicted octanol–water partition coefficient (Wildman–Crippen LogP) is 2.95. The molecule has 0 bridgehead atoms. The first-order valence-corrected chi connectivity index (χ1v) is 4.71. The third-order valence-electron chi connectivity index (χ3n) is 1.79. The van der Waals surface area contributed by atoms with Gasteiger partial charge in [0.2, 0.25) is 0 Å². The molecule has 88 valence electrons. The topological polar surface area (TPSA) is 63.4 Å². The van der Waals surface area contributed by atoms with Gasteiger partial charge in [0.25, 0.3) is 5.69 Å². The summed E-state index contributed by atoms with van der Waals surface area (Å²) in [5.74, 6) is 0. The summed E-state index contributed by atoms with van der Waals surface area (Å²) in [5.41, 5.74) is -1.56. The molecule has 0 radical (unpaired) electrons. The summed E-state index contributed by atoms with van der Waals surface area (Å²) in [5, 5.41) is 19.4. The number of halogens is 4. The summed E-state index contributed by atoms with van der Waals surface area (Å²) in [6, 6.07) is 2.96. The number of benzene rings is 1. The molecular formula is C8H5BrF3NO3. The van der Waals surface area contributed by atoms with Crippen LogP contribution in [0.3, 0.4) is 0 Å². The summed E-state index contributed by atoms with van der Waals surface area (Å²) < 4.78 is 36.8. The molecule has 0 amide bonds. The highest BCUT2D eigenvalue weighted by Crippen LogP contribution is 2.37. The van der Waals surface area contributed by atoms with Gasteiger partial charge in [-0.2, -0.15) is 13.2 Å². The molecule has 0 aliphatic carbocycles. The minimum absolute atomic E-state index is 0.261. The van der Waals surface area contributed by atoms with Gasteiger partial charge in [-0.3, -0.25) is 10.1 Å². The average Bonchev–Trinajstić information content (AvgIpc) is 2.15. The van der Waals surface area contributed by atoms with Crippen LogP contribution in [0, 0.1) is 10.1 Å². The van der Waals surface area contributed by atoms with Crippen molar-refractivity contribution in [3.8, 4) is 0 Å². The van der Waals surface area contributed by atoms with Crippen molar-refractivity contribution in [2.45, 2.75) is 12.3 Å². The number of aliphatic hydroxyl groups is 1. The lowest BCUT2D eigenvalue weighted by Gasteiger charge is -2.14. The van der Waals surface area contributed by atoms with E-state index in [2.05, 4.69) is 15.9 Å². The van der Waals surface area contributed by atoms with Crippen LogP contribution >= 0.6 is 15.9 Å². The lowest BCUT2D eigenvalue weighted by Crippen LogP contribution is -2.21. The van der Waals surface area contributed by atoms with Crippen LogP contribution < -0.4 is 0 Å². The number of aliphatic hydroxyl groups excluding tert-OH is 1. The molecule has 1 rings (SSSR count). The highest BCUT2D eigenvalue weighted by Gasteiger charge is 2.42. The Morgan fingerprint density at radius 3 is 2.44 bits per heavy atom. The molecule has 0 spiro atoms. The summed E-state index contributed by atoms with van der Waals surface area (Å²) >= 11 is 2.90. The molecule has 0 aromatic heterocycles. The van der Waals surface area contributed by atoms with Crippen LogP contribution in [0.5, 0.6) is 0 Å². The maximum Gasteiger partial charge on any atom is 0.418 e. The van der Waals surface area contributed by atoms with E-state index in [0.717, 1.165) is 12.1 Å². The predicted molar refractivity (Wildman–Crippen MR) is 51.8 cm³/mol. The molecule has 0 aliphatic rings. The van der Waals surface area contributed by atoms with Crippen molar-refractivity contribution in [1.29, 1.82) is 0 Å². The lowest BCUT2D eigenvalue weighted by molar-refractivity contribution is -0.387. The minimum atomic E-state index is -4.93. The number of nitro benzene ring substituents is 1. The van der Waals surface area contributed by atoms with E-state index in [1.54, 1.807) is 0 Å². The van der Waals surface area contributed by atoms with Crippen LogP contribution in [-0.2, 0) is 0 Å². The van der Waals surface area contributed by atoms with E-state index >= 15 is 0 Å². The van der Waals surface area contributed by atoms with Gasteiger partial charge in [0, 0.05) is 10.5 Å². The fourth-order valence-corrected chi connectivity index (χ4v) is 1.43. The van der Waals surface area contributed by atoms with Crippen LogP contribution in [0.25, 0.3) is 0 Å². The molecule has 1 N–H and O–H groups in total. The Bertz CT molecular complexity index is 421. The summed E-state index contributed by atoms with van der Waals surface area (Å²) in [7, 11) is 0. The zero-order valence-corrected chi connectivity index (χ0v) is 9.12. The summed E-state index contributed by atoms with van der Waals surface area (Å²) in [4.78, 5) is 9.53. The molecule has 0 aliphatic heterocycles. The van der Waals surface area contributed by atoms with Gasteiger partial charge in [0.1, 0.15) is 0 Å². The van der Waals surface area contributed by atoms with Crippen LogP contribution in [0.4, 0.5) is 18.9 Å². The van der Waals surface area contributed by atoms with Crippen LogP contribution in [0.15, 0.2) is 22.7 Å². The standard InChI is InChI=1S/C8H5BrF3NO3/c9-4-1-2-5(6(3-4)13(15)16)7(14)8(10,11)12/h1-3,7,14H/t7-/m1/s1. The zero-order chi connectivity index (χ0) is 12.5. The monoisotopic (exact) mass is 299 g/mol. The average molecular weight is 300 g/mol. The van der Waals surface area contributed by atoms with Crippen LogP contribution in [0.2, 0.25) is 0 Å². The first-order valence-electron chi connectivity index (χ1n) is 3.92. The summed E-state index contributed by atoms with van der Waals surface area (Å²) in [6.07, 6.45) is -7.79. The van der Waals surface area contributed by atoms with Gasteiger partial charge >= 0.3 is 6.18 Å². The first kappa shape index (κ1) is 12.9. The van der Waals surface area contributed by atoms with Gasteiger partial charge in [-0.1, -0.05) is 15.9 Å². The van der Waals surface area contributed by atoms with Crippen molar-refractivity contribution < 1.29 is 23.2 Å². The Morgan fingerprint density at radius 1 is 1.44 bits per heavy atom. The van der Waals surface area contributed by atoms with Crippen molar-refractivity contribution >= 4 is 21.6 Å². The second kappa shape index (κ2) is 4.38. The molecular weight excluding hydrogens is 295 g/mol. The largest absolute Gasteiger partial charge is 0.418 e. The fraction of sp³-hybridized carbons (Fsp3) is 0.250. The minimum Gasteiger partial charge on any atom is -0.379 e. The normalized spacial score (nSPS) is 13.6. The van der Waals surface area contributed by atoms with E-state index in [1.807, 2.05) is 0 Å². The quantitative estimate of drug-likeness (QED) is 0.674. The smallest absolute Gasteiger partial charge is 0.379 e. The highest BCUT2D eigenvalue weighted by molar-refractivity contribution is 9.10. The molecule has 0 saturated heterocycles. The molecule has 4 nitrogen and oxygen atoms in total. The number of hydrogen-bond donors (Lipinski definition) is 1. The van der Waals surface area contributed by atoms with Crippen LogP contribution in [-0.4, -0.2) is 16.2 Å². The van der Waals surface area contributed by atoms with E-state index in [0.29, 0.717) is 0 Å². The Morgan fingerprint density at radius 2 is 2.00 bits per heavy atom. The zero-order valence-electron chi connectivity index (χ0n) is 7.53. The molecule has 1 aromatic carbocycles. The van der Waals surface area contributed by atoms with Gasteiger partial charge in [-0.05, 0) is 12.1 Å². The van der Waals surface area contributed by atoms with Crippen molar-refractivity contribution in [1.82, 2.24) is 0 Å². The van der Waals surface area contributed by atoms with Crippen molar-refractivity contribution in [2.24, 2.45) is 0 Å². The Hall–Kier alpha value is -1.15. The molecule has 16 heavy (non-hydrogen) atoms. The van der Waals surface area contributed by atoms with Gasteiger partial charge in [-0.25, -0.2) is 0 Å². The molecule has 1 aromatic rings. The fourth-order valence-electron chi connectivity index (χ4n) is 1.08. The molecule has 0 heterocycles. The van der Waals surface area contributed by atoms with Crippen molar-refractivity contribution in [3.05, 3.63) is 38.3 Å². The third-order valence-corrected chi connectivity index (χ3v) is 2.29. The number of rotatable bonds is 2. The van der Waals surface area contributed by atoms with Gasteiger partial charge in [-0.15, -0.1) is 0 Å². The van der Waals surface area contributed by atoms with E-state index in [4.69, 9.17) is 5.11 Å². The second-order valence-corrected chi connectivity index (χ2v) is 3.82. The van der Waals surface area contributed by atoms with E-state index in [9.17, 15) is 23.3 Å². The van der Waals surface area contributed by atoms with Gasteiger partial charge < -0.3 is 5.11 Å². The van der Waals surface area contributed by atoms with E-state index < -0.39 is 28.5 Å². The molecule has 0 fully saturated rings. The molecule has 8 heteroatoms. The number of alkyl halides is 3. The second-order valence-electron chi connectivity index (χ2n) is 2.90. The maximum absolute atomic E-state index is 12.2. The van der Waals surface area contributed by atoms with Crippen molar-refractivity contribution in [2.75, 3.05) is 0 Å². The van der Waals surface area contributed by atoms with Crippen LogP contribution in [0.1, 0.15) is 11.7 Å². The SMILES string of the molecule is O=[N+]([O-])c1cc(Br)ccc1[C@@H](O)C(F)(F)F. The first-order chi connectivity index (χ1) is 7.23. The lowest BCUT2D eigenvalue weighted by atomic mass is 10.1. The molecule has 0 saturated carbocycles. The molecule has 1 atom stereocenters. The van der Waals surface area contributed by atoms with E-state index in [1.165, 1.54) is 6.07 Å². The number of nitrogens with zero attached hydrogens (tertiary/aromatic N) is 1. The van der Waals surface area contributed by atoms with Gasteiger partial charge in [0.15, 0.2) is 6.10 Å². The maximum atomic E-state index is 12.2. The number of hydrogen-bond acceptors (Lipinski definition) is 3. The molecule has 0 unspecified atom stereocenters. The van der Waals surface area contributed by atoms with E-state index in [-0.39, 0.29) is 4.47 Å². The third kappa shape index (κ3) is 2.70. The summed E-state index contributed by atoms with van der Waals surface area (Å²) in [6.45, 7) is 0.